The van der Waals surface area contributed by atoms with Crippen LogP contribution in [0.25, 0.3) is 0 Å². The molecule has 36 heavy (non-hydrogen) atoms. The minimum Gasteiger partial charge on any atom is -0.508 e. The molecule has 200 valence electrons. The highest BCUT2D eigenvalue weighted by molar-refractivity contribution is 5.94. The maximum atomic E-state index is 13.2. The summed E-state index contributed by atoms with van der Waals surface area (Å²) >= 11 is 0. The van der Waals surface area contributed by atoms with Crippen molar-refractivity contribution in [1.29, 1.82) is 0 Å². The highest BCUT2D eigenvalue weighted by Gasteiger charge is 2.38. The normalized spacial score (nSPS) is 18.7. The second-order valence-electron chi connectivity index (χ2n) is 9.08. The number of hydrogen-bond donors (Lipinski definition) is 7. The van der Waals surface area contributed by atoms with Gasteiger partial charge in [-0.1, -0.05) is 18.6 Å². The van der Waals surface area contributed by atoms with E-state index < -0.39 is 48.1 Å². The van der Waals surface area contributed by atoms with Crippen LogP contribution >= 0.6 is 0 Å². The number of carbonyl (C=O) groups excluding carboxylic acids is 3. The zero-order valence-electron chi connectivity index (χ0n) is 20.4. The van der Waals surface area contributed by atoms with Gasteiger partial charge in [-0.25, -0.2) is 4.79 Å². The average molecular weight is 508 g/mol. The average Bonchev–Trinajstić information content (AvgIpc) is 3.32. The van der Waals surface area contributed by atoms with Crippen LogP contribution in [0, 0.1) is 0 Å². The Bertz CT molecular complexity index is 909. The van der Waals surface area contributed by atoms with Crippen molar-refractivity contribution in [1.82, 2.24) is 15.5 Å². The van der Waals surface area contributed by atoms with Crippen molar-refractivity contribution in [3.05, 3.63) is 29.8 Å². The van der Waals surface area contributed by atoms with E-state index in [1.165, 1.54) is 24.0 Å². The van der Waals surface area contributed by atoms with Crippen molar-refractivity contribution in [3.8, 4) is 5.75 Å². The summed E-state index contributed by atoms with van der Waals surface area (Å²) in [6.07, 6.45) is 1.48. The number of rotatable bonds is 13. The van der Waals surface area contributed by atoms with Gasteiger partial charge in [-0.15, -0.1) is 0 Å². The number of aromatic hydroxyl groups is 1. The topological polar surface area (TPSA) is 208 Å². The molecule has 3 amide bonds. The summed E-state index contributed by atoms with van der Waals surface area (Å²) in [7, 11) is 0. The number of carbonyl (C=O) groups is 4. The number of amides is 3. The number of carboxylic acid groups (broad SMARTS) is 1. The first-order valence-corrected chi connectivity index (χ1v) is 12.1. The summed E-state index contributed by atoms with van der Waals surface area (Å²) in [5.41, 5.74) is 12.1. The van der Waals surface area contributed by atoms with E-state index in [2.05, 4.69) is 10.6 Å². The van der Waals surface area contributed by atoms with Crippen molar-refractivity contribution in [2.75, 3.05) is 13.1 Å². The molecule has 12 nitrogen and oxygen atoms in total. The molecule has 1 aromatic rings. The van der Waals surface area contributed by atoms with Crippen LogP contribution in [0.4, 0.5) is 0 Å². The van der Waals surface area contributed by atoms with Gasteiger partial charge in [0.25, 0.3) is 0 Å². The molecule has 0 radical (unpaired) electrons. The van der Waals surface area contributed by atoms with Gasteiger partial charge < -0.3 is 42.3 Å². The fourth-order valence-electron chi connectivity index (χ4n) is 4.14. The van der Waals surface area contributed by atoms with Crippen LogP contribution in [0.5, 0.6) is 5.75 Å². The Labute approximate surface area is 210 Å². The third-order valence-electron chi connectivity index (χ3n) is 6.18. The molecule has 0 aliphatic carbocycles. The Hall–Kier alpha value is -3.22. The first-order valence-electron chi connectivity index (χ1n) is 12.1. The molecule has 0 aromatic heterocycles. The van der Waals surface area contributed by atoms with Crippen LogP contribution in [-0.4, -0.2) is 87.3 Å². The van der Waals surface area contributed by atoms with E-state index >= 15 is 0 Å². The lowest BCUT2D eigenvalue weighted by Gasteiger charge is -2.29. The molecule has 1 heterocycles. The zero-order chi connectivity index (χ0) is 26.8. The van der Waals surface area contributed by atoms with Crippen LogP contribution in [0.2, 0.25) is 0 Å². The third kappa shape index (κ3) is 8.18. The molecule has 12 heteroatoms. The second-order valence-corrected chi connectivity index (χ2v) is 9.08. The molecule has 0 spiro atoms. The van der Waals surface area contributed by atoms with Gasteiger partial charge in [0.1, 0.15) is 17.8 Å². The first-order chi connectivity index (χ1) is 17.0. The molecule has 1 aliphatic heterocycles. The van der Waals surface area contributed by atoms with Gasteiger partial charge in [-0.3, -0.25) is 14.4 Å². The SMILES string of the molecule is CC(O)C(NC(=O)C(Cc1ccc(O)cc1)NC(=O)C1CCCN1C(=O)C(N)CCCCN)C(=O)O. The molecule has 1 aliphatic rings. The number of carboxylic acids is 1. The number of nitrogens with one attached hydrogen (secondary N) is 2. The Morgan fingerprint density at radius 1 is 1.14 bits per heavy atom. The fraction of sp³-hybridized carbons (Fsp3) is 0.583. The molecular weight excluding hydrogens is 470 g/mol. The van der Waals surface area contributed by atoms with E-state index in [1.807, 2.05) is 0 Å². The van der Waals surface area contributed by atoms with E-state index in [-0.39, 0.29) is 18.1 Å². The van der Waals surface area contributed by atoms with Gasteiger partial charge in [0.05, 0.1) is 12.1 Å². The summed E-state index contributed by atoms with van der Waals surface area (Å²) in [5, 5.41) is 33.5. The van der Waals surface area contributed by atoms with E-state index in [4.69, 9.17) is 11.5 Å². The molecule has 1 fully saturated rings. The molecule has 1 saturated heterocycles. The molecule has 0 bridgehead atoms. The zero-order valence-corrected chi connectivity index (χ0v) is 20.4. The van der Waals surface area contributed by atoms with Crippen LogP contribution in [0.3, 0.4) is 0 Å². The summed E-state index contributed by atoms with van der Waals surface area (Å²) in [4.78, 5) is 52.0. The van der Waals surface area contributed by atoms with Crippen LogP contribution in [-0.2, 0) is 25.6 Å². The van der Waals surface area contributed by atoms with E-state index in [0.29, 0.717) is 44.3 Å². The molecule has 9 N–H and O–H groups in total. The summed E-state index contributed by atoms with van der Waals surface area (Å²) in [5.74, 6) is -3.11. The number of nitrogens with two attached hydrogens (primary N) is 2. The number of aliphatic carboxylic acids is 1. The monoisotopic (exact) mass is 507 g/mol. The van der Waals surface area contributed by atoms with Gasteiger partial charge in [0, 0.05) is 13.0 Å². The second kappa shape index (κ2) is 13.8. The Balaban J connectivity index is 2.17. The van der Waals surface area contributed by atoms with Crippen molar-refractivity contribution in [2.45, 2.75) is 75.7 Å². The number of aliphatic hydroxyl groups excluding tert-OH is 1. The predicted molar refractivity (Wildman–Crippen MR) is 131 cm³/mol. The number of nitrogens with zero attached hydrogens (tertiary/aromatic N) is 1. The summed E-state index contributed by atoms with van der Waals surface area (Å²) < 4.78 is 0. The lowest BCUT2D eigenvalue weighted by molar-refractivity contribution is -0.145. The number of benzene rings is 1. The molecule has 5 unspecified atom stereocenters. The Kier molecular flexibility index (Phi) is 11.1. The highest BCUT2D eigenvalue weighted by Crippen LogP contribution is 2.20. The first kappa shape index (κ1) is 29.0. The number of phenolic OH excluding ortho intramolecular Hbond substituents is 1. The molecule has 5 atom stereocenters. The number of phenols is 1. The minimum atomic E-state index is -1.58. The van der Waals surface area contributed by atoms with Crippen molar-refractivity contribution in [3.63, 3.8) is 0 Å². The van der Waals surface area contributed by atoms with Gasteiger partial charge in [-0.05, 0) is 56.8 Å². The number of likely N-dealkylation sites (tertiary alicyclic amines) is 1. The molecule has 1 aromatic carbocycles. The van der Waals surface area contributed by atoms with Gasteiger partial charge >= 0.3 is 5.97 Å². The largest absolute Gasteiger partial charge is 0.508 e. The standard InChI is InChI=1S/C24H37N5O7/c1-14(30)20(24(35)36)28-21(32)18(13-15-7-9-16(31)10-8-15)27-22(33)19-6-4-12-29(19)23(34)17(26)5-2-3-11-25/h7-10,14,17-20,30-31H,2-6,11-13,25-26H2,1H3,(H,27,33)(H,28,32)(H,35,36). The Morgan fingerprint density at radius 3 is 2.39 bits per heavy atom. The van der Waals surface area contributed by atoms with Gasteiger partial charge in [-0.2, -0.15) is 0 Å². The molecule has 0 saturated carbocycles. The fourth-order valence-corrected chi connectivity index (χ4v) is 4.14. The number of hydrogen-bond acceptors (Lipinski definition) is 8. The number of aliphatic hydroxyl groups is 1. The summed E-state index contributed by atoms with van der Waals surface area (Å²) in [6.45, 7) is 2.09. The van der Waals surface area contributed by atoms with Gasteiger partial charge in [0.15, 0.2) is 6.04 Å². The molecular formula is C24H37N5O7. The van der Waals surface area contributed by atoms with Gasteiger partial charge in [0.2, 0.25) is 17.7 Å². The third-order valence-corrected chi connectivity index (χ3v) is 6.18. The van der Waals surface area contributed by atoms with E-state index in [9.17, 15) is 34.5 Å². The quantitative estimate of drug-likeness (QED) is 0.160. The maximum Gasteiger partial charge on any atom is 0.328 e. The Morgan fingerprint density at radius 2 is 1.81 bits per heavy atom. The van der Waals surface area contributed by atoms with E-state index in [0.717, 1.165) is 6.42 Å². The van der Waals surface area contributed by atoms with E-state index in [1.54, 1.807) is 12.1 Å². The maximum absolute atomic E-state index is 13.2. The van der Waals surface area contributed by atoms with Crippen molar-refractivity contribution < 1.29 is 34.5 Å². The summed E-state index contributed by atoms with van der Waals surface area (Å²) in [6, 6.07) is 1.62. The van der Waals surface area contributed by atoms with Crippen LogP contribution in [0.1, 0.15) is 44.6 Å². The highest BCUT2D eigenvalue weighted by atomic mass is 16.4. The minimum absolute atomic E-state index is 0.0106. The van der Waals surface area contributed by atoms with Crippen LogP contribution in [0.15, 0.2) is 24.3 Å². The molecule has 2 rings (SSSR count). The van der Waals surface area contributed by atoms with Crippen LogP contribution < -0.4 is 22.1 Å². The lowest BCUT2D eigenvalue weighted by Crippen LogP contribution is -2.58. The van der Waals surface area contributed by atoms with Crippen molar-refractivity contribution >= 4 is 23.7 Å². The van der Waals surface area contributed by atoms with Crippen molar-refractivity contribution in [2.24, 2.45) is 11.5 Å². The smallest absolute Gasteiger partial charge is 0.328 e. The predicted octanol–water partition coefficient (Wildman–Crippen LogP) is -1.18. The lowest BCUT2D eigenvalue weighted by atomic mass is 10.0. The number of unbranched alkanes of at least 4 members (excludes halogenated alkanes) is 1.